The molecule has 0 saturated heterocycles. The highest BCUT2D eigenvalue weighted by molar-refractivity contribution is 7.13. The molecule has 0 radical (unpaired) electrons. The predicted octanol–water partition coefficient (Wildman–Crippen LogP) is 7.92. The van der Waals surface area contributed by atoms with E-state index in [9.17, 15) is 17.3 Å². The molecule has 2 aromatic carbocycles. The SMILES string of the molecule is F[B-](F)(F)F.c1ccc(-c2cc(-c3ccccc3)[o+]c(-c3cccs3)c2)cc1. The Hall–Kier alpha value is -2.93. The van der Waals surface area contributed by atoms with Crippen LogP contribution in [0.3, 0.4) is 0 Å². The highest BCUT2D eigenvalue weighted by atomic mass is 32.1. The molecular formula is C21H15BF4OS. The quantitative estimate of drug-likeness (QED) is 0.192. The lowest BCUT2D eigenvalue weighted by Crippen LogP contribution is -2.02. The Balaban J connectivity index is 0.000000403. The van der Waals surface area contributed by atoms with Gasteiger partial charge in [0, 0.05) is 5.56 Å². The number of hydrogen-bond acceptors (Lipinski definition) is 1. The number of benzene rings is 2. The Labute approximate surface area is 164 Å². The summed E-state index contributed by atoms with van der Waals surface area (Å²) < 4.78 is 45.2. The van der Waals surface area contributed by atoms with E-state index in [4.69, 9.17) is 4.42 Å². The second-order valence-corrected chi connectivity index (χ2v) is 6.73. The van der Waals surface area contributed by atoms with E-state index in [1.807, 2.05) is 30.3 Å². The van der Waals surface area contributed by atoms with E-state index in [2.05, 4.69) is 60.0 Å². The van der Waals surface area contributed by atoms with Crippen LogP contribution >= 0.6 is 11.3 Å². The molecular weight excluding hydrogens is 387 g/mol. The van der Waals surface area contributed by atoms with Crippen LogP contribution in [0.2, 0.25) is 0 Å². The molecule has 0 aliphatic rings. The maximum Gasteiger partial charge on any atom is 0.673 e. The lowest BCUT2D eigenvalue weighted by atomic mass is 10.0. The summed E-state index contributed by atoms with van der Waals surface area (Å²) >= 11 is 1.69. The molecule has 2 aromatic heterocycles. The third kappa shape index (κ3) is 5.79. The van der Waals surface area contributed by atoms with Crippen molar-refractivity contribution in [2.75, 3.05) is 0 Å². The summed E-state index contributed by atoms with van der Waals surface area (Å²) in [6, 6.07) is 29.0. The largest absolute Gasteiger partial charge is 0.673 e. The summed E-state index contributed by atoms with van der Waals surface area (Å²) in [7, 11) is -6.00. The van der Waals surface area contributed by atoms with E-state index < -0.39 is 7.25 Å². The summed E-state index contributed by atoms with van der Waals surface area (Å²) in [5.74, 6) is 1.79. The van der Waals surface area contributed by atoms with Crippen LogP contribution in [0, 0.1) is 0 Å². The van der Waals surface area contributed by atoms with Crippen molar-refractivity contribution in [1.82, 2.24) is 0 Å². The van der Waals surface area contributed by atoms with Gasteiger partial charge in [-0.15, -0.1) is 11.3 Å². The molecule has 7 heteroatoms. The highest BCUT2D eigenvalue weighted by Gasteiger charge is 2.21. The molecule has 142 valence electrons. The van der Waals surface area contributed by atoms with Gasteiger partial charge in [-0.05, 0) is 29.1 Å². The Kier molecular flexibility index (Phi) is 6.26. The number of hydrogen-bond donors (Lipinski definition) is 0. The summed E-state index contributed by atoms with van der Waals surface area (Å²) in [5, 5.41) is 2.07. The van der Waals surface area contributed by atoms with Gasteiger partial charge in [0.1, 0.15) is 4.88 Å². The zero-order valence-corrected chi connectivity index (χ0v) is 15.4. The first-order valence-electron chi connectivity index (χ1n) is 8.40. The van der Waals surface area contributed by atoms with Crippen molar-refractivity contribution < 1.29 is 21.7 Å². The van der Waals surface area contributed by atoms with Crippen LogP contribution in [-0.4, -0.2) is 7.25 Å². The van der Waals surface area contributed by atoms with Gasteiger partial charge in [0.05, 0.1) is 17.7 Å². The van der Waals surface area contributed by atoms with E-state index >= 15 is 0 Å². The van der Waals surface area contributed by atoms with Crippen LogP contribution in [0.1, 0.15) is 0 Å². The van der Waals surface area contributed by atoms with Crippen LogP contribution in [0.5, 0.6) is 0 Å². The van der Waals surface area contributed by atoms with Gasteiger partial charge in [-0.3, -0.25) is 0 Å². The van der Waals surface area contributed by atoms with Crippen LogP contribution < -0.4 is 0 Å². The van der Waals surface area contributed by atoms with Crippen molar-refractivity contribution in [3.05, 3.63) is 90.3 Å². The Bertz CT molecular complexity index is 940. The molecule has 0 fully saturated rings. The van der Waals surface area contributed by atoms with Crippen LogP contribution in [0.4, 0.5) is 17.3 Å². The van der Waals surface area contributed by atoms with Crippen molar-refractivity contribution >= 4 is 18.6 Å². The van der Waals surface area contributed by atoms with Crippen molar-refractivity contribution in [3.63, 3.8) is 0 Å². The average Bonchev–Trinajstić information content (AvgIpc) is 3.23. The average molecular weight is 402 g/mol. The molecule has 4 aromatic rings. The maximum absolute atomic E-state index is 9.75. The zero-order chi connectivity index (χ0) is 20.0. The van der Waals surface area contributed by atoms with Gasteiger partial charge in [0.2, 0.25) is 0 Å². The van der Waals surface area contributed by atoms with Crippen molar-refractivity contribution in [2.24, 2.45) is 0 Å². The third-order valence-corrected chi connectivity index (χ3v) is 4.61. The molecule has 0 aliphatic carbocycles. The van der Waals surface area contributed by atoms with Gasteiger partial charge in [-0.2, -0.15) is 0 Å². The Morgan fingerprint density at radius 1 is 0.607 bits per heavy atom. The molecule has 0 amide bonds. The Morgan fingerprint density at radius 2 is 1.14 bits per heavy atom. The van der Waals surface area contributed by atoms with Gasteiger partial charge >= 0.3 is 18.8 Å². The topological polar surface area (TPSA) is 11.3 Å². The molecule has 0 aliphatic heterocycles. The first kappa shape index (κ1) is 19.8. The smallest absolute Gasteiger partial charge is 0.418 e. The summed E-state index contributed by atoms with van der Waals surface area (Å²) in [6.45, 7) is 0. The summed E-state index contributed by atoms with van der Waals surface area (Å²) in [5.41, 5.74) is 3.44. The van der Waals surface area contributed by atoms with Gasteiger partial charge in [0.25, 0.3) is 0 Å². The second kappa shape index (κ2) is 8.84. The van der Waals surface area contributed by atoms with Gasteiger partial charge in [-0.1, -0.05) is 54.6 Å². The van der Waals surface area contributed by atoms with Crippen molar-refractivity contribution in [3.8, 4) is 33.1 Å². The van der Waals surface area contributed by atoms with Gasteiger partial charge in [0.15, 0.2) is 0 Å². The molecule has 0 saturated carbocycles. The zero-order valence-electron chi connectivity index (χ0n) is 14.6. The Morgan fingerprint density at radius 3 is 1.68 bits per heavy atom. The van der Waals surface area contributed by atoms with E-state index in [0.717, 1.165) is 22.0 Å². The molecule has 0 bridgehead atoms. The monoisotopic (exact) mass is 402 g/mol. The lowest BCUT2D eigenvalue weighted by molar-refractivity contribution is 0.368. The van der Waals surface area contributed by atoms with Crippen LogP contribution in [-0.2, 0) is 0 Å². The molecule has 0 spiro atoms. The summed E-state index contributed by atoms with van der Waals surface area (Å²) in [4.78, 5) is 1.14. The molecule has 0 unspecified atom stereocenters. The third-order valence-electron chi connectivity index (χ3n) is 3.72. The number of thiophene rings is 1. The fraction of sp³-hybridized carbons (Fsp3) is 0. The fourth-order valence-corrected chi connectivity index (χ4v) is 3.26. The minimum Gasteiger partial charge on any atom is -0.418 e. The molecule has 0 atom stereocenters. The lowest BCUT2D eigenvalue weighted by Gasteiger charge is -2.01. The summed E-state index contributed by atoms with van der Waals surface area (Å²) in [6.07, 6.45) is 0. The predicted molar refractivity (Wildman–Crippen MR) is 107 cm³/mol. The maximum atomic E-state index is 9.75. The number of halogens is 4. The molecule has 1 nitrogen and oxygen atoms in total. The second-order valence-electron chi connectivity index (χ2n) is 5.78. The first-order chi connectivity index (χ1) is 13.4. The van der Waals surface area contributed by atoms with Crippen LogP contribution in [0.25, 0.3) is 33.1 Å². The minimum absolute atomic E-state index is 0.885. The van der Waals surface area contributed by atoms with Crippen LogP contribution in [0.15, 0.2) is 94.7 Å². The van der Waals surface area contributed by atoms with Crippen molar-refractivity contribution in [2.45, 2.75) is 0 Å². The van der Waals surface area contributed by atoms with Gasteiger partial charge < -0.3 is 17.3 Å². The molecule has 4 rings (SSSR count). The van der Waals surface area contributed by atoms with E-state index in [0.29, 0.717) is 0 Å². The molecule has 2 heterocycles. The van der Waals surface area contributed by atoms with Crippen molar-refractivity contribution in [1.29, 1.82) is 0 Å². The standard InChI is InChI=1S/C21H15OS.BF4/c1-3-8-16(9-4-1)18-14-19(17-10-5-2-6-11-17)22-20(15-18)21-12-7-13-23-21;2-1(3,4)5/h1-15H;/q+1;-1. The fourth-order valence-electron chi connectivity index (χ4n) is 2.58. The van der Waals surface area contributed by atoms with E-state index in [-0.39, 0.29) is 0 Å². The normalized spacial score (nSPS) is 10.9. The van der Waals surface area contributed by atoms with E-state index in [1.54, 1.807) is 11.3 Å². The molecule has 0 N–H and O–H groups in total. The highest BCUT2D eigenvalue weighted by Crippen LogP contribution is 2.34. The van der Waals surface area contributed by atoms with Gasteiger partial charge in [-0.25, -0.2) is 4.42 Å². The first-order valence-corrected chi connectivity index (χ1v) is 9.28. The van der Waals surface area contributed by atoms with E-state index in [1.165, 1.54) is 11.1 Å². The number of rotatable bonds is 3. The minimum atomic E-state index is -6.00. The molecule has 28 heavy (non-hydrogen) atoms.